The van der Waals surface area contributed by atoms with E-state index in [1.54, 1.807) is 17.6 Å². The van der Waals surface area contributed by atoms with Gasteiger partial charge < -0.3 is 4.42 Å². The van der Waals surface area contributed by atoms with Crippen LogP contribution in [0.15, 0.2) is 52.2 Å². The van der Waals surface area contributed by atoms with Crippen molar-refractivity contribution >= 4 is 40.0 Å². The minimum absolute atomic E-state index is 0.425. The molecule has 1 aromatic carbocycles. The standard InChI is InChI=1S/C14H9N5OS2/c21-14-18-15-8-19(14)16-7-9-5-6-11(20-9)13-17-10-3-1-2-4-12(10)22-13/h1-8H,(H,18,21)/b16-7-. The van der Waals surface area contributed by atoms with Gasteiger partial charge in [-0.25, -0.2) is 4.98 Å². The average Bonchev–Trinajstić information content (AvgIpc) is 3.24. The van der Waals surface area contributed by atoms with E-state index in [1.807, 2.05) is 36.4 Å². The Kier molecular flexibility index (Phi) is 3.17. The van der Waals surface area contributed by atoms with Gasteiger partial charge in [0.1, 0.15) is 12.1 Å². The molecule has 22 heavy (non-hydrogen) atoms. The first-order chi connectivity index (χ1) is 10.8. The normalized spacial score (nSPS) is 11.6. The summed E-state index contributed by atoms with van der Waals surface area (Å²) < 4.78 is 8.77. The van der Waals surface area contributed by atoms with Crippen LogP contribution in [-0.2, 0) is 0 Å². The van der Waals surface area contributed by atoms with Crippen LogP contribution in [0.1, 0.15) is 5.76 Å². The topological polar surface area (TPSA) is 72.0 Å². The first kappa shape index (κ1) is 13.1. The number of hydrogen-bond acceptors (Lipinski definition) is 6. The lowest BCUT2D eigenvalue weighted by Gasteiger charge is -1.89. The smallest absolute Gasteiger partial charge is 0.216 e. The Bertz CT molecular complexity index is 990. The van der Waals surface area contributed by atoms with Crippen molar-refractivity contribution in [3.05, 3.63) is 53.3 Å². The lowest BCUT2D eigenvalue weighted by atomic mass is 10.3. The summed E-state index contributed by atoms with van der Waals surface area (Å²) in [7, 11) is 0. The van der Waals surface area contributed by atoms with Gasteiger partial charge in [0.25, 0.3) is 0 Å². The van der Waals surface area contributed by atoms with Crippen LogP contribution in [0, 0.1) is 4.77 Å². The number of aromatic nitrogens is 4. The maximum atomic E-state index is 5.76. The van der Waals surface area contributed by atoms with Crippen LogP contribution in [0.25, 0.3) is 21.0 Å². The van der Waals surface area contributed by atoms with E-state index >= 15 is 0 Å². The SMILES string of the molecule is S=c1[nH]ncn1/N=C\c1ccc(-c2nc3ccccc3s2)o1. The summed E-state index contributed by atoms with van der Waals surface area (Å²) in [6, 6.07) is 11.7. The molecule has 0 aliphatic rings. The van der Waals surface area contributed by atoms with Crippen LogP contribution in [0.5, 0.6) is 0 Å². The highest BCUT2D eigenvalue weighted by molar-refractivity contribution is 7.71. The Hall–Kier alpha value is -2.58. The predicted molar refractivity (Wildman–Crippen MR) is 87.7 cm³/mol. The van der Waals surface area contributed by atoms with Crippen molar-refractivity contribution in [2.75, 3.05) is 0 Å². The van der Waals surface area contributed by atoms with E-state index in [0.717, 1.165) is 21.0 Å². The van der Waals surface area contributed by atoms with Crippen LogP contribution in [-0.4, -0.2) is 26.1 Å². The molecule has 0 spiro atoms. The number of fused-ring (bicyclic) bond motifs is 1. The maximum absolute atomic E-state index is 5.76. The van der Waals surface area contributed by atoms with E-state index in [1.165, 1.54) is 11.0 Å². The van der Waals surface area contributed by atoms with Gasteiger partial charge in [-0.3, -0.25) is 5.10 Å². The largest absolute Gasteiger partial charge is 0.453 e. The number of benzene rings is 1. The number of rotatable bonds is 3. The zero-order valence-corrected chi connectivity index (χ0v) is 12.8. The molecule has 3 heterocycles. The zero-order valence-electron chi connectivity index (χ0n) is 11.1. The molecule has 0 aliphatic heterocycles. The molecule has 8 heteroatoms. The number of nitrogens with one attached hydrogen (secondary N) is 1. The number of nitrogens with zero attached hydrogens (tertiary/aromatic N) is 4. The van der Waals surface area contributed by atoms with Crippen molar-refractivity contribution in [2.45, 2.75) is 0 Å². The Morgan fingerprint density at radius 1 is 1.27 bits per heavy atom. The van der Waals surface area contributed by atoms with E-state index in [0.29, 0.717) is 10.5 Å². The molecule has 0 radical (unpaired) electrons. The van der Waals surface area contributed by atoms with Gasteiger partial charge in [-0.1, -0.05) is 12.1 Å². The quantitative estimate of drug-likeness (QED) is 0.460. The van der Waals surface area contributed by atoms with Crippen molar-refractivity contribution < 1.29 is 4.42 Å². The van der Waals surface area contributed by atoms with Crippen molar-refractivity contribution in [3.8, 4) is 10.8 Å². The number of H-pyrrole nitrogens is 1. The third kappa shape index (κ3) is 2.38. The second-order valence-electron chi connectivity index (χ2n) is 4.44. The van der Waals surface area contributed by atoms with E-state index in [2.05, 4.69) is 20.3 Å². The summed E-state index contributed by atoms with van der Waals surface area (Å²) in [6.45, 7) is 0. The van der Waals surface area contributed by atoms with Gasteiger partial charge in [-0.05, 0) is 36.5 Å². The fraction of sp³-hybridized carbons (Fsp3) is 0. The van der Waals surface area contributed by atoms with Gasteiger partial charge in [-0.15, -0.1) is 11.3 Å². The lowest BCUT2D eigenvalue weighted by Crippen LogP contribution is -1.87. The molecule has 0 saturated carbocycles. The fourth-order valence-electron chi connectivity index (χ4n) is 1.96. The maximum Gasteiger partial charge on any atom is 0.216 e. The molecule has 6 nitrogen and oxygen atoms in total. The van der Waals surface area contributed by atoms with Gasteiger partial charge in [0.05, 0.1) is 16.4 Å². The monoisotopic (exact) mass is 327 g/mol. The molecule has 0 saturated heterocycles. The summed E-state index contributed by atoms with van der Waals surface area (Å²) in [5.41, 5.74) is 0.971. The molecule has 4 rings (SSSR count). The van der Waals surface area contributed by atoms with Crippen LogP contribution in [0.3, 0.4) is 0 Å². The summed E-state index contributed by atoms with van der Waals surface area (Å²) in [5.74, 6) is 1.34. The lowest BCUT2D eigenvalue weighted by molar-refractivity contribution is 0.574. The third-order valence-corrected chi connectivity index (χ3v) is 4.31. The number of hydrogen-bond donors (Lipinski definition) is 1. The Morgan fingerprint density at radius 2 is 2.18 bits per heavy atom. The van der Waals surface area contributed by atoms with Crippen molar-refractivity contribution in [1.29, 1.82) is 0 Å². The number of para-hydroxylation sites is 1. The average molecular weight is 327 g/mol. The second-order valence-corrected chi connectivity index (χ2v) is 5.86. The Balaban J connectivity index is 1.65. The molecule has 0 bridgehead atoms. The number of furan rings is 1. The first-order valence-corrected chi connectivity index (χ1v) is 7.64. The summed E-state index contributed by atoms with van der Waals surface area (Å²) >= 11 is 6.61. The molecule has 108 valence electrons. The Morgan fingerprint density at radius 3 is 3.00 bits per heavy atom. The summed E-state index contributed by atoms with van der Waals surface area (Å²) in [5, 5.41) is 11.4. The molecule has 4 aromatic rings. The van der Waals surface area contributed by atoms with Gasteiger partial charge in [0.2, 0.25) is 4.77 Å². The van der Waals surface area contributed by atoms with Gasteiger partial charge in [-0.2, -0.15) is 14.9 Å². The van der Waals surface area contributed by atoms with E-state index in [-0.39, 0.29) is 0 Å². The molecular formula is C14H9N5OS2. The van der Waals surface area contributed by atoms with Crippen molar-refractivity contribution in [2.24, 2.45) is 5.10 Å². The van der Waals surface area contributed by atoms with Crippen LogP contribution >= 0.6 is 23.6 Å². The summed E-state index contributed by atoms with van der Waals surface area (Å²) in [4.78, 5) is 4.56. The Labute approximate surface area is 133 Å². The minimum atomic E-state index is 0.425. The highest BCUT2D eigenvalue weighted by Gasteiger charge is 2.09. The highest BCUT2D eigenvalue weighted by Crippen LogP contribution is 2.30. The van der Waals surface area contributed by atoms with Crippen LogP contribution < -0.4 is 0 Å². The predicted octanol–water partition coefficient (Wildman–Crippen LogP) is 3.69. The van der Waals surface area contributed by atoms with Crippen LogP contribution in [0.4, 0.5) is 0 Å². The van der Waals surface area contributed by atoms with E-state index in [4.69, 9.17) is 16.6 Å². The molecule has 0 fully saturated rings. The molecule has 3 aromatic heterocycles. The number of thiazole rings is 1. The first-order valence-electron chi connectivity index (χ1n) is 6.42. The van der Waals surface area contributed by atoms with Gasteiger partial charge in [0.15, 0.2) is 10.8 Å². The number of aromatic amines is 1. The minimum Gasteiger partial charge on any atom is -0.453 e. The van der Waals surface area contributed by atoms with Gasteiger partial charge >= 0.3 is 0 Å². The van der Waals surface area contributed by atoms with Crippen LogP contribution in [0.2, 0.25) is 0 Å². The molecule has 0 aliphatic carbocycles. The van der Waals surface area contributed by atoms with E-state index in [9.17, 15) is 0 Å². The zero-order chi connectivity index (χ0) is 14.9. The fourth-order valence-corrected chi connectivity index (χ4v) is 3.03. The van der Waals surface area contributed by atoms with Crippen molar-refractivity contribution in [3.63, 3.8) is 0 Å². The molecular weight excluding hydrogens is 318 g/mol. The second kappa shape index (κ2) is 5.32. The van der Waals surface area contributed by atoms with Crippen molar-refractivity contribution in [1.82, 2.24) is 19.9 Å². The molecule has 1 N–H and O–H groups in total. The molecule has 0 unspecified atom stereocenters. The third-order valence-electron chi connectivity index (χ3n) is 2.98. The molecule has 0 amide bonds. The highest BCUT2D eigenvalue weighted by atomic mass is 32.1. The molecule has 0 atom stereocenters. The van der Waals surface area contributed by atoms with E-state index < -0.39 is 0 Å². The van der Waals surface area contributed by atoms with Gasteiger partial charge in [0, 0.05) is 0 Å². The summed E-state index contributed by atoms with van der Waals surface area (Å²) in [6.07, 6.45) is 3.08.